The Bertz CT molecular complexity index is 331. The van der Waals surface area contributed by atoms with Crippen LogP contribution in [-0.4, -0.2) is 24.1 Å². The Morgan fingerprint density at radius 1 is 1.57 bits per heavy atom. The fourth-order valence-electron chi connectivity index (χ4n) is 1.34. The molecule has 2 rings (SSSR count). The highest BCUT2D eigenvalue weighted by atomic mass is 32.1. The number of rotatable bonds is 1. The number of carbonyl (C=O) groups is 1. The fraction of sp³-hybridized carbons (Fsp3) is 0.444. The summed E-state index contributed by atoms with van der Waals surface area (Å²) in [6.45, 7) is 1.31. The van der Waals surface area contributed by atoms with Gasteiger partial charge in [0.25, 0.3) is 5.91 Å². The van der Waals surface area contributed by atoms with E-state index in [-0.39, 0.29) is 5.91 Å². The van der Waals surface area contributed by atoms with E-state index in [0.717, 1.165) is 12.8 Å². The topological polar surface area (TPSA) is 55.6 Å². The van der Waals surface area contributed by atoms with Crippen molar-refractivity contribution in [1.82, 2.24) is 5.06 Å². The van der Waals surface area contributed by atoms with Crippen LogP contribution in [0.3, 0.4) is 0 Å². The van der Waals surface area contributed by atoms with Crippen LogP contribution in [0.15, 0.2) is 11.4 Å². The first kappa shape index (κ1) is 9.48. The van der Waals surface area contributed by atoms with Crippen LogP contribution in [-0.2, 0) is 4.84 Å². The number of hydrogen-bond donors (Lipinski definition) is 1. The molecule has 5 heteroatoms. The van der Waals surface area contributed by atoms with E-state index in [2.05, 4.69) is 0 Å². The molecule has 1 aromatic rings. The van der Waals surface area contributed by atoms with Gasteiger partial charge in [-0.2, -0.15) is 0 Å². The Labute approximate surface area is 86.2 Å². The SMILES string of the molecule is Nc1csc(C(=O)N2CCCCO2)c1. The van der Waals surface area contributed by atoms with E-state index in [0.29, 0.717) is 23.7 Å². The Balaban J connectivity index is 2.07. The van der Waals surface area contributed by atoms with Crippen molar-refractivity contribution in [1.29, 1.82) is 0 Å². The van der Waals surface area contributed by atoms with Crippen LogP contribution in [0.25, 0.3) is 0 Å². The molecule has 0 aliphatic carbocycles. The van der Waals surface area contributed by atoms with Crippen LogP contribution in [0, 0.1) is 0 Å². The van der Waals surface area contributed by atoms with Crippen molar-refractivity contribution in [3.63, 3.8) is 0 Å². The predicted octanol–water partition coefficient (Wildman–Crippen LogP) is 1.50. The van der Waals surface area contributed by atoms with Gasteiger partial charge in [0.1, 0.15) is 0 Å². The number of nitrogens with two attached hydrogens (primary N) is 1. The molecule has 14 heavy (non-hydrogen) atoms. The van der Waals surface area contributed by atoms with Crippen molar-refractivity contribution in [2.24, 2.45) is 0 Å². The zero-order chi connectivity index (χ0) is 9.97. The molecule has 0 aromatic carbocycles. The predicted molar refractivity (Wildman–Crippen MR) is 55.0 cm³/mol. The third-order valence-corrected chi connectivity index (χ3v) is 3.00. The molecule has 0 unspecified atom stereocenters. The van der Waals surface area contributed by atoms with Crippen LogP contribution < -0.4 is 5.73 Å². The largest absolute Gasteiger partial charge is 0.398 e. The summed E-state index contributed by atoms with van der Waals surface area (Å²) >= 11 is 1.36. The smallest absolute Gasteiger partial charge is 0.287 e. The van der Waals surface area contributed by atoms with Gasteiger partial charge < -0.3 is 5.73 Å². The molecule has 2 heterocycles. The molecular weight excluding hydrogens is 200 g/mol. The van der Waals surface area contributed by atoms with Gasteiger partial charge >= 0.3 is 0 Å². The van der Waals surface area contributed by atoms with Gasteiger partial charge in [0.15, 0.2) is 0 Å². The summed E-state index contributed by atoms with van der Waals surface area (Å²) in [5, 5.41) is 3.19. The third kappa shape index (κ3) is 1.88. The van der Waals surface area contributed by atoms with Crippen molar-refractivity contribution in [3.8, 4) is 0 Å². The molecule has 1 aliphatic rings. The molecule has 1 aliphatic heterocycles. The van der Waals surface area contributed by atoms with E-state index in [1.165, 1.54) is 16.4 Å². The molecule has 4 nitrogen and oxygen atoms in total. The van der Waals surface area contributed by atoms with Crippen LogP contribution in [0.2, 0.25) is 0 Å². The van der Waals surface area contributed by atoms with Crippen LogP contribution in [0.4, 0.5) is 5.69 Å². The molecule has 1 aromatic heterocycles. The molecular formula is C9H12N2O2S. The van der Waals surface area contributed by atoms with Crippen molar-refractivity contribution in [2.75, 3.05) is 18.9 Å². The maximum atomic E-state index is 11.8. The van der Waals surface area contributed by atoms with Crippen LogP contribution in [0.1, 0.15) is 22.5 Å². The number of hydrogen-bond acceptors (Lipinski definition) is 4. The van der Waals surface area contributed by atoms with Crippen molar-refractivity contribution in [2.45, 2.75) is 12.8 Å². The van der Waals surface area contributed by atoms with Crippen LogP contribution in [0.5, 0.6) is 0 Å². The maximum absolute atomic E-state index is 11.8. The number of amides is 1. The summed E-state index contributed by atoms with van der Waals surface area (Å²) in [7, 11) is 0. The molecule has 1 amide bonds. The third-order valence-electron chi connectivity index (χ3n) is 2.06. The van der Waals surface area contributed by atoms with Crippen molar-refractivity contribution in [3.05, 3.63) is 16.3 Å². The summed E-state index contributed by atoms with van der Waals surface area (Å²) < 4.78 is 0. The lowest BCUT2D eigenvalue weighted by Crippen LogP contribution is -2.35. The van der Waals surface area contributed by atoms with Gasteiger partial charge in [-0.1, -0.05) is 0 Å². The first-order valence-electron chi connectivity index (χ1n) is 4.56. The van der Waals surface area contributed by atoms with Gasteiger partial charge in [0.05, 0.1) is 11.5 Å². The second kappa shape index (κ2) is 3.98. The van der Waals surface area contributed by atoms with E-state index >= 15 is 0 Å². The number of nitrogen functional groups attached to an aromatic ring is 1. The van der Waals surface area contributed by atoms with E-state index < -0.39 is 0 Å². The minimum Gasteiger partial charge on any atom is -0.398 e. The Morgan fingerprint density at radius 3 is 3.00 bits per heavy atom. The second-order valence-corrected chi connectivity index (χ2v) is 4.10. The maximum Gasteiger partial charge on any atom is 0.287 e. The highest BCUT2D eigenvalue weighted by Gasteiger charge is 2.20. The van der Waals surface area contributed by atoms with Crippen LogP contribution >= 0.6 is 11.3 Å². The lowest BCUT2D eigenvalue weighted by Gasteiger charge is -2.25. The minimum atomic E-state index is -0.0774. The standard InChI is InChI=1S/C9H12N2O2S/c10-7-5-8(14-6-7)9(12)11-3-1-2-4-13-11/h5-6H,1-4,10H2. The van der Waals surface area contributed by atoms with Gasteiger partial charge in [-0.3, -0.25) is 9.63 Å². The minimum absolute atomic E-state index is 0.0774. The summed E-state index contributed by atoms with van der Waals surface area (Å²) in [5.74, 6) is -0.0774. The fourth-order valence-corrected chi connectivity index (χ4v) is 2.08. The summed E-state index contributed by atoms with van der Waals surface area (Å²) in [5.41, 5.74) is 6.18. The summed E-state index contributed by atoms with van der Waals surface area (Å²) in [6, 6.07) is 1.69. The van der Waals surface area contributed by atoms with E-state index in [1.807, 2.05) is 0 Å². The molecule has 2 N–H and O–H groups in total. The first-order valence-corrected chi connectivity index (χ1v) is 5.44. The van der Waals surface area contributed by atoms with E-state index in [9.17, 15) is 4.79 Å². The molecule has 1 fully saturated rings. The Kier molecular flexibility index (Phi) is 2.69. The molecule has 0 saturated carbocycles. The summed E-state index contributed by atoms with van der Waals surface area (Å²) in [4.78, 5) is 17.7. The van der Waals surface area contributed by atoms with Gasteiger partial charge in [-0.05, 0) is 18.9 Å². The number of hydroxylamine groups is 2. The number of anilines is 1. The number of carbonyl (C=O) groups excluding carboxylic acids is 1. The summed E-state index contributed by atoms with van der Waals surface area (Å²) in [6.07, 6.45) is 2.03. The Hall–Kier alpha value is -1.07. The van der Waals surface area contributed by atoms with Gasteiger partial charge in [0, 0.05) is 17.6 Å². The van der Waals surface area contributed by atoms with Gasteiger partial charge in [0.2, 0.25) is 0 Å². The lowest BCUT2D eigenvalue weighted by atomic mass is 10.3. The normalized spacial score (nSPS) is 17.0. The molecule has 0 atom stereocenters. The Morgan fingerprint density at radius 2 is 2.43 bits per heavy atom. The first-order chi connectivity index (χ1) is 6.77. The molecule has 0 bridgehead atoms. The zero-order valence-corrected chi connectivity index (χ0v) is 8.55. The monoisotopic (exact) mass is 212 g/mol. The lowest BCUT2D eigenvalue weighted by molar-refractivity contribution is -0.143. The average Bonchev–Trinajstić information content (AvgIpc) is 2.65. The number of nitrogens with zero attached hydrogens (tertiary/aromatic N) is 1. The zero-order valence-electron chi connectivity index (χ0n) is 7.73. The second-order valence-electron chi connectivity index (χ2n) is 3.19. The highest BCUT2D eigenvalue weighted by Crippen LogP contribution is 2.19. The molecule has 0 radical (unpaired) electrons. The number of thiophene rings is 1. The molecule has 76 valence electrons. The van der Waals surface area contributed by atoms with Gasteiger partial charge in [-0.15, -0.1) is 11.3 Å². The van der Waals surface area contributed by atoms with Crippen molar-refractivity contribution >= 4 is 22.9 Å². The highest BCUT2D eigenvalue weighted by molar-refractivity contribution is 7.12. The quantitative estimate of drug-likeness (QED) is 0.767. The van der Waals surface area contributed by atoms with E-state index in [4.69, 9.17) is 10.6 Å². The van der Waals surface area contributed by atoms with E-state index in [1.54, 1.807) is 11.4 Å². The van der Waals surface area contributed by atoms with Crippen molar-refractivity contribution < 1.29 is 9.63 Å². The molecule has 0 spiro atoms. The van der Waals surface area contributed by atoms with Gasteiger partial charge in [-0.25, -0.2) is 5.06 Å². The average molecular weight is 212 g/mol. The molecule has 1 saturated heterocycles.